The summed E-state index contributed by atoms with van der Waals surface area (Å²) < 4.78 is 0. The summed E-state index contributed by atoms with van der Waals surface area (Å²) in [5.74, 6) is 0.626. The second-order valence-electron chi connectivity index (χ2n) is 5.64. The molecule has 1 fully saturated rings. The first kappa shape index (κ1) is 12.5. The van der Waals surface area contributed by atoms with E-state index in [0.29, 0.717) is 11.3 Å². The van der Waals surface area contributed by atoms with Crippen molar-refractivity contribution < 1.29 is 4.79 Å². The largest absolute Gasteiger partial charge is 0.354 e. The fraction of sp³-hybridized carbons (Fsp3) is 0.917. The summed E-state index contributed by atoms with van der Waals surface area (Å²) in [7, 11) is 0. The molecule has 0 bridgehead atoms. The van der Waals surface area contributed by atoms with E-state index in [1.165, 1.54) is 25.7 Å². The zero-order chi connectivity index (χ0) is 11.5. The molecule has 1 aliphatic carbocycles. The number of hydrogen-bond acceptors (Lipinski definition) is 2. The maximum absolute atomic E-state index is 11.3. The van der Waals surface area contributed by atoms with Crippen LogP contribution in [0, 0.1) is 11.3 Å². The van der Waals surface area contributed by atoms with Gasteiger partial charge in [0.25, 0.3) is 0 Å². The maximum Gasteiger partial charge on any atom is 0.236 e. The number of amides is 1. The lowest BCUT2D eigenvalue weighted by molar-refractivity contribution is -0.122. The van der Waals surface area contributed by atoms with E-state index in [2.05, 4.69) is 19.2 Å². The topological polar surface area (TPSA) is 55.1 Å². The number of nitrogens with one attached hydrogen (secondary N) is 1. The van der Waals surface area contributed by atoms with Crippen LogP contribution in [-0.2, 0) is 4.79 Å². The summed E-state index contributed by atoms with van der Waals surface area (Å²) in [6, 6.07) is -0.384. The van der Waals surface area contributed by atoms with Gasteiger partial charge in [-0.25, -0.2) is 0 Å². The average Bonchev–Trinajstić information content (AvgIpc) is 2.15. The van der Waals surface area contributed by atoms with E-state index in [4.69, 9.17) is 5.73 Å². The summed E-state index contributed by atoms with van der Waals surface area (Å²) in [4.78, 5) is 11.3. The van der Waals surface area contributed by atoms with Crippen LogP contribution in [0.1, 0.15) is 46.5 Å². The van der Waals surface area contributed by atoms with Crippen molar-refractivity contribution >= 4 is 5.91 Å². The quantitative estimate of drug-likeness (QED) is 0.747. The molecule has 1 unspecified atom stereocenters. The Bertz CT molecular complexity index is 214. The second kappa shape index (κ2) is 4.97. The zero-order valence-electron chi connectivity index (χ0n) is 10.2. The van der Waals surface area contributed by atoms with Gasteiger partial charge in [-0.2, -0.15) is 0 Å². The summed E-state index contributed by atoms with van der Waals surface area (Å²) in [5.41, 5.74) is 5.98. The van der Waals surface area contributed by atoms with E-state index in [9.17, 15) is 4.79 Å². The molecule has 3 nitrogen and oxygen atoms in total. The van der Waals surface area contributed by atoms with Gasteiger partial charge < -0.3 is 11.1 Å². The summed E-state index contributed by atoms with van der Waals surface area (Å²) >= 11 is 0. The summed E-state index contributed by atoms with van der Waals surface area (Å²) in [6.07, 6.45) is 5.00. The fourth-order valence-corrected chi connectivity index (χ4v) is 2.07. The third-order valence-electron chi connectivity index (χ3n) is 3.44. The van der Waals surface area contributed by atoms with E-state index in [1.807, 2.05) is 0 Å². The van der Waals surface area contributed by atoms with Crippen molar-refractivity contribution in [2.24, 2.45) is 17.1 Å². The number of carbonyl (C=O) groups is 1. The highest BCUT2D eigenvalue weighted by atomic mass is 16.2. The van der Waals surface area contributed by atoms with Gasteiger partial charge in [0.15, 0.2) is 0 Å². The minimum atomic E-state index is -0.384. The van der Waals surface area contributed by atoms with Crippen LogP contribution in [0.2, 0.25) is 0 Å². The van der Waals surface area contributed by atoms with Gasteiger partial charge in [-0.1, -0.05) is 13.8 Å². The van der Waals surface area contributed by atoms with Gasteiger partial charge in [-0.3, -0.25) is 4.79 Å². The zero-order valence-corrected chi connectivity index (χ0v) is 10.2. The smallest absolute Gasteiger partial charge is 0.236 e. The number of rotatable bonds is 3. The molecule has 0 radical (unpaired) electrons. The van der Waals surface area contributed by atoms with Crippen molar-refractivity contribution in [3.63, 3.8) is 0 Å². The number of hydrogen-bond donors (Lipinski definition) is 2. The van der Waals surface area contributed by atoms with Crippen molar-refractivity contribution in [2.75, 3.05) is 6.54 Å². The third kappa shape index (κ3) is 4.20. The van der Waals surface area contributed by atoms with Gasteiger partial charge in [0.05, 0.1) is 6.04 Å². The molecule has 1 aliphatic rings. The lowest BCUT2D eigenvalue weighted by Gasteiger charge is -2.34. The first-order valence-electron chi connectivity index (χ1n) is 5.94. The number of carbonyl (C=O) groups excluding carboxylic acids is 1. The van der Waals surface area contributed by atoms with Crippen molar-refractivity contribution in [3.05, 3.63) is 0 Å². The molecule has 0 aromatic rings. The highest BCUT2D eigenvalue weighted by molar-refractivity contribution is 5.80. The van der Waals surface area contributed by atoms with Crippen molar-refractivity contribution in [1.29, 1.82) is 0 Å². The predicted molar refractivity (Wildman–Crippen MR) is 62.4 cm³/mol. The minimum Gasteiger partial charge on any atom is -0.354 e. The van der Waals surface area contributed by atoms with Crippen molar-refractivity contribution in [1.82, 2.24) is 5.32 Å². The molecule has 88 valence electrons. The van der Waals surface area contributed by atoms with E-state index in [0.717, 1.165) is 6.54 Å². The van der Waals surface area contributed by atoms with Gasteiger partial charge in [-0.15, -0.1) is 0 Å². The van der Waals surface area contributed by atoms with Crippen LogP contribution < -0.4 is 11.1 Å². The molecule has 1 atom stereocenters. The summed E-state index contributed by atoms with van der Waals surface area (Å²) in [5, 5.41) is 2.92. The normalized spacial score (nSPS) is 23.5. The molecule has 1 rings (SSSR count). The fourth-order valence-electron chi connectivity index (χ4n) is 2.07. The molecule has 15 heavy (non-hydrogen) atoms. The Morgan fingerprint density at radius 1 is 1.47 bits per heavy atom. The van der Waals surface area contributed by atoms with E-state index < -0.39 is 0 Å². The van der Waals surface area contributed by atoms with Crippen LogP contribution in [0.3, 0.4) is 0 Å². The van der Waals surface area contributed by atoms with Gasteiger partial charge in [-0.05, 0) is 43.9 Å². The molecule has 0 spiro atoms. The summed E-state index contributed by atoms with van der Waals surface area (Å²) in [6.45, 7) is 7.17. The Morgan fingerprint density at radius 2 is 2.00 bits per heavy atom. The molecular weight excluding hydrogens is 188 g/mol. The first-order chi connectivity index (χ1) is 6.91. The highest BCUT2D eigenvalue weighted by Gasteiger charge is 2.26. The Hall–Kier alpha value is -0.570. The van der Waals surface area contributed by atoms with Crippen LogP contribution >= 0.6 is 0 Å². The third-order valence-corrected chi connectivity index (χ3v) is 3.44. The molecule has 1 saturated carbocycles. The molecule has 0 heterocycles. The molecule has 1 amide bonds. The number of nitrogens with two attached hydrogens (primary N) is 1. The Labute approximate surface area is 92.8 Å². The SMILES string of the molecule is CC(N)C(=O)NCC1CCC(C)(C)CC1. The minimum absolute atomic E-state index is 0.0279. The van der Waals surface area contributed by atoms with Crippen LogP contribution in [0.5, 0.6) is 0 Å². The molecule has 3 heteroatoms. The van der Waals surface area contributed by atoms with Gasteiger partial charge >= 0.3 is 0 Å². The van der Waals surface area contributed by atoms with Crippen molar-refractivity contribution in [3.8, 4) is 0 Å². The Balaban J connectivity index is 2.22. The van der Waals surface area contributed by atoms with Crippen LogP contribution in [0.25, 0.3) is 0 Å². The van der Waals surface area contributed by atoms with Crippen LogP contribution in [0.4, 0.5) is 0 Å². The lowest BCUT2D eigenvalue weighted by Crippen LogP contribution is -2.41. The van der Waals surface area contributed by atoms with Crippen LogP contribution in [-0.4, -0.2) is 18.5 Å². The molecule has 0 aromatic carbocycles. The lowest BCUT2D eigenvalue weighted by atomic mass is 9.73. The Kier molecular flexibility index (Phi) is 4.14. The van der Waals surface area contributed by atoms with Gasteiger partial charge in [0.1, 0.15) is 0 Å². The van der Waals surface area contributed by atoms with Crippen LogP contribution in [0.15, 0.2) is 0 Å². The predicted octanol–water partition coefficient (Wildman–Crippen LogP) is 1.67. The van der Waals surface area contributed by atoms with E-state index >= 15 is 0 Å². The molecule has 0 aromatic heterocycles. The van der Waals surface area contributed by atoms with Gasteiger partial charge in [0, 0.05) is 6.54 Å². The maximum atomic E-state index is 11.3. The van der Waals surface area contributed by atoms with E-state index in [1.54, 1.807) is 6.92 Å². The highest BCUT2D eigenvalue weighted by Crippen LogP contribution is 2.37. The van der Waals surface area contributed by atoms with E-state index in [-0.39, 0.29) is 11.9 Å². The molecule has 3 N–H and O–H groups in total. The molecular formula is C12H24N2O. The first-order valence-corrected chi connectivity index (χ1v) is 5.94. The average molecular weight is 212 g/mol. The van der Waals surface area contributed by atoms with Gasteiger partial charge in [0.2, 0.25) is 5.91 Å². The van der Waals surface area contributed by atoms with Crippen molar-refractivity contribution in [2.45, 2.75) is 52.5 Å². The standard InChI is InChI=1S/C12H24N2O/c1-9(13)11(15)14-8-10-4-6-12(2,3)7-5-10/h9-10H,4-8,13H2,1-3H3,(H,14,15). The Morgan fingerprint density at radius 3 is 2.47 bits per heavy atom. The second-order valence-corrected chi connectivity index (χ2v) is 5.64. The molecule has 0 aliphatic heterocycles. The monoisotopic (exact) mass is 212 g/mol. The molecule has 0 saturated heterocycles.